The molecular weight excluding hydrogens is 274 g/mol. The molecule has 0 radical (unpaired) electrons. The maximum Gasteiger partial charge on any atom is 0.325 e. The van der Waals surface area contributed by atoms with E-state index in [1.54, 1.807) is 0 Å². The van der Waals surface area contributed by atoms with Crippen LogP contribution in [0.4, 0.5) is 0 Å². The number of alkyl halides is 1. The molecule has 1 unspecified atom stereocenters. The summed E-state index contributed by atoms with van der Waals surface area (Å²) in [5, 5.41) is -0.454. The molecule has 0 bridgehead atoms. The zero-order valence-electron chi connectivity index (χ0n) is 8.12. The minimum absolute atomic E-state index is 0.314. The first-order valence-corrected chi connectivity index (χ1v) is 6.74. The van der Waals surface area contributed by atoms with E-state index in [0.29, 0.717) is 18.3 Å². The van der Waals surface area contributed by atoms with Crippen molar-refractivity contribution < 1.29 is 17.9 Å². The summed E-state index contributed by atoms with van der Waals surface area (Å²) < 4.78 is 29.4. The van der Waals surface area contributed by atoms with E-state index < -0.39 is 21.2 Å². The third-order valence-corrected chi connectivity index (χ3v) is 3.90. The van der Waals surface area contributed by atoms with Crippen LogP contribution in [0.1, 0.15) is 13.3 Å². The zero-order valence-corrected chi connectivity index (χ0v) is 10.5. The first kappa shape index (κ1) is 13.9. The van der Waals surface area contributed by atoms with Crippen LogP contribution >= 0.6 is 15.9 Å². The average molecular weight is 288 g/mol. The van der Waals surface area contributed by atoms with Crippen LogP contribution in [-0.4, -0.2) is 38.6 Å². The molecule has 0 aliphatic carbocycles. The van der Waals surface area contributed by atoms with Crippen LogP contribution in [0, 0.1) is 0 Å². The molecule has 1 atom stereocenters. The van der Waals surface area contributed by atoms with E-state index in [4.69, 9.17) is 0 Å². The van der Waals surface area contributed by atoms with Crippen molar-refractivity contribution in [2.45, 2.75) is 18.6 Å². The van der Waals surface area contributed by atoms with Gasteiger partial charge in [0.2, 0.25) is 10.0 Å². The van der Waals surface area contributed by atoms with Crippen molar-refractivity contribution >= 4 is 31.9 Å². The Balaban J connectivity index is 4.24. The van der Waals surface area contributed by atoms with Gasteiger partial charge in [-0.15, -0.1) is 0 Å². The molecule has 0 saturated heterocycles. The van der Waals surface area contributed by atoms with Gasteiger partial charge in [0.25, 0.3) is 0 Å². The fraction of sp³-hybridized carbons (Fsp3) is 0.857. The van der Waals surface area contributed by atoms with E-state index in [1.807, 2.05) is 0 Å². The summed E-state index contributed by atoms with van der Waals surface area (Å²) in [4.78, 5) is 10.9. The molecule has 0 aromatic rings. The Hall–Kier alpha value is -0.140. The number of sulfonamides is 1. The van der Waals surface area contributed by atoms with Gasteiger partial charge in [-0.1, -0.05) is 15.9 Å². The SMILES string of the molecule is COC(=O)C(C)S(=O)(=O)NCCCBr. The molecule has 0 aliphatic rings. The van der Waals surface area contributed by atoms with Crippen LogP contribution in [0.2, 0.25) is 0 Å². The van der Waals surface area contributed by atoms with E-state index in [-0.39, 0.29) is 0 Å². The fourth-order valence-electron chi connectivity index (χ4n) is 0.699. The molecule has 14 heavy (non-hydrogen) atoms. The summed E-state index contributed by atoms with van der Waals surface area (Å²) in [5.74, 6) is -0.753. The number of hydrogen-bond acceptors (Lipinski definition) is 4. The van der Waals surface area contributed by atoms with Crippen molar-refractivity contribution in [3.63, 3.8) is 0 Å². The number of carbonyl (C=O) groups is 1. The second-order valence-electron chi connectivity index (χ2n) is 2.65. The second-order valence-corrected chi connectivity index (χ2v) is 5.53. The summed E-state index contributed by atoms with van der Waals surface area (Å²) in [5.41, 5.74) is 0. The van der Waals surface area contributed by atoms with Crippen LogP contribution < -0.4 is 4.72 Å². The van der Waals surface area contributed by atoms with E-state index in [1.165, 1.54) is 6.92 Å². The Morgan fingerprint density at radius 3 is 2.57 bits per heavy atom. The number of carbonyl (C=O) groups excluding carboxylic acids is 1. The molecule has 0 aromatic heterocycles. The van der Waals surface area contributed by atoms with Crippen LogP contribution in [0.3, 0.4) is 0 Å². The number of methoxy groups -OCH3 is 1. The lowest BCUT2D eigenvalue weighted by Gasteiger charge is -2.11. The van der Waals surface area contributed by atoms with Crippen molar-refractivity contribution in [3.8, 4) is 0 Å². The Kier molecular flexibility index (Phi) is 6.30. The van der Waals surface area contributed by atoms with Gasteiger partial charge in [-0.05, 0) is 13.3 Å². The maximum absolute atomic E-state index is 11.4. The van der Waals surface area contributed by atoms with Crippen molar-refractivity contribution in [1.29, 1.82) is 0 Å². The van der Waals surface area contributed by atoms with Gasteiger partial charge in [0, 0.05) is 11.9 Å². The van der Waals surface area contributed by atoms with Crippen LogP contribution in [0.25, 0.3) is 0 Å². The topological polar surface area (TPSA) is 72.5 Å². The molecule has 5 nitrogen and oxygen atoms in total. The Morgan fingerprint density at radius 1 is 1.57 bits per heavy atom. The Morgan fingerprint density at radius 2 is 2.14 bits per heavy atom. The predicted octanol–water partition coefficient (Wildman–Crippen LogP) is 0.252. The molecule has 0 amide bonds. The summed E-state index contributed by atoms with van der Waals surface area (Å²) in [6, 6.07) is 0. The number of halogens is 1. The van der Waals surface area contributed by atoms with Gasteiger partial charge in [-0.2, -0.15) is 0 Å². The predicted molar refractivity (Wildman–Crippen MR) is 56.8 cm³/mol. The molecule has 1 N–H and O–H groups in total. The van der Waals surface area contributed by atoms with Crippen LogP contribution in [0.5, 0.6) is 0 Å². The molecule has 0 fully saturated rings. The summed E-state index contributed by atoms with van der Waals surface area (Å²) in [6.07, 6.45) is 0.674. The van der Waals surface area contributed by atoms with Gasteiger partial charge in [0.05, 0.1) is 7.11 Å². The van der Waals surface area contributed by atoms with Crippen molar-refractivity contribution in [3.05, 3.63) is 0 Å². The highest BCUT2D eigenvalue weighted by molar-refractivity contribution is 9.09. The molecule has 7 heteroatoms. The van der Waals surface area contributed by atoms with Gasteiger partial charge in [0.15, 0.2) is 5.25 Å². The Bertz CT molecular complexity index is 277. The number of rotatable bonds is 6. The highest BCUT2D eigenvalue weighted by Crippen LogP contribution is 2.00. The average Bonchev–Trinajstić information content (AvgIpc) is 2.15. The quantitative estimate of drug-likeness (QED) is 0.432. The summed E-state index contributed by atoms with van der Waals surface area (Å²) in [6.45, 7) is 1.61. The number of nitrogens with one attached hydrogen (secondary N) is 1. The van der Waals surface area contributed by atoms with Crippen molar-refractivity contribution in [1.82, 2.24) is 4.72 Å². The first-order valence-electron chi connectivity index (χ1n) is 4.08. The lowest BCUT2D eigenvalue weighted by molar-refractivity contribution is -0.139. The van der Waals surface area contributed by atoms with Gasteiger partial charge in [0.1, 0.15) is 0 Å². The minimum Gasteiger partial charge on any atom is -0.468 e. The molecule has 0 saturated carbocycles. The van der Waals surface area contributed by atoms with E-state index in [9.17, 15) is 13.2 Å². The van der Waals surface area contributed by atoms with E-state index in [2.05, 4.69) is 25.4 Å². The third-order valence-electron chi connectivity index (χ3n) is 1.61. The molecule has 0 rings (SSSR count). The standard InChI is InChI=1S/C7H14BrNO4S/c1-6(7(10)13-2)14(11,12)9-5-3-4-8/h6,9H,3-5H2,1-2H3. The highest BCUT2D eigenvalue weighted by Gasteiger charge is 2.27. The Labute approximate surface area is 92.4 Å². The molecular formula is C7H14BrNO4S. The van der Waals surface area contributed by atoms with Crippen molar-refractivity contribution in [2.24, 2.45) is 0 Å². The molecule has 0 heterocycles. The van der Waals surface area contributed by atoms with Crippen LogP contribution in [0.15, 0.2) is 0 Å². The number of esters is 1. The summed E-state index contributed by atoms with van der Waals surface area (Å²) >= 11 is 3.17. The van der Waals surface area contributed by atoms with Gasteiger partial charge in [-0.3, -0.25) is 4.79 Å². The molecule has 84 valence electrons. The lowest BCUT2D eigenvalue weighted by Crippen LogP contribution is -2.38. The smallest absolute Gasteiger partial charge is 0.325 e. The van der Waals surface area contributed by atoms with Gasteiger partial charge in [-0.25, -0.2) is 13.1 Å². The van der Waals surface area contributed by atoms with Crippen LogP contribution in [-0.2, 0) is 19.6 Å². The summed E-state index contributed by atoms with van der Waals surface area (Å²) in [7, 11) is -2.43. The normalized spacial score (nSPS) is 13.6. The fourth-order valence-corrected chi connectivity index (χ4v) is 2.01. The first-order chi connectivity index (χ1) is 6.45. The lowest BCUT2D eigenvalue weighted by atomic mass is 10.5. The van der Waals surface area contributed by atoms with Gasteiger partial charge < -0.3 is 4.74 Å². The van der Waals surface area contributed by atoms with E-state index >= 15 is 0 Å². The van der Waals surface area contributed by atoms with E-state index in [0.717, 1.165) is 7.11 Å². The third kappa shape index (κ3) is 4.39. The molecule has 0 aromatic carbocycles. The molecule has 0 spiro atoms. The van der Waals surface area contributed by atoms with Crippen molar-refractivity contribution in [2.75, 3.05) is 19.0 Å². The molecule has 0 aliphatic heterocycles. The van der Waals surface area contributed by atoms with Gasteiger partial charge >= 0.3 is 5.97 Å². The number of hydrogen-bond donors (Lipinski definition) is 1. The second kappa shape index (κ2) is 6.36. The largest absolute Gasteiger partial charge is 0.468 e. The monoisotopic (exact) mass is 287 g/mol. The maximum atomic E-state index is 11.4. The highest BCUT2D eigenvalue weighted by atomic mass is 79.9. The number of ether oxygens (including phenoxy) is 1. The minimum atomic E-state index is -3.59. The zero-order chi connectivity index (χ0) is 11.2.